The maximum Gasteiger partial charge on any atom is -0.00579 e. The molecule has 0 atom stereocenters. The molecule has 0 heterocycles. The number of benzene rings is 1. The van der Waals surface area contributed by atoms with E-state index in [2.05, 4.69) is 72.4 Å². The Balaban J connectivity index is 1.93. The third-order valence-corrected chi connectivity index (χ3v) is 6.21. The highest BCUT2D eigenvalue weighted by Gasteiger charge is 2.37. The monoisotopic (exact) mass is 320 g/mol. The first-order valence-electron chi connectivity index (χ1n) is 9.29. The van der Waals surface area contributed by atoms with Gasteiger partial charge in [0.1, 0.15) is 0 Å². The molecule has 0 aliphatic heterocycles. The summed E-state index contributed by atoms with van der Waals surface area (Å²) in [5, 5.41) is 0. The summed E-state index contributed by atoms with van der Waals surface area (Å²) in [6.07, 6.45) is 9.25. The topological polar surface area (TPSA) is 0 Å². The third kappa shape index (κ3) is 3.04. The fourth-order valence-electron chi connectivity index (χ4n) is 4.20. The standard InChI is InChI=1S/C24H32/c1-16(2)19-9-8-18(13-19)14-20-15-22-21(12-17(20)3)23(4,5)10-11-24(22,6)7/h8-9,12,15H,1,10-11,13-14H2,2-7H3. The number of rotatable bonds is 3. The highest BCUT2D eigenvalue weighted by atomic mass is 14.4. The lowest BCUT2D eigenvalue weighted by atomic mass is 9.62. The fraction of sp³-hybridized carbons (Fsp3) is 0.500. The Bertz CT molecular complexity index is 750. The van der Waals surface area contributed by atoms with Crippen LogP contribution in [0.3, 0.4) is 0 Å². The van der Waals surface area contributed by atoms with E-state index in [1.807, 2.05) is 0 Å². The van der Waals surface area contributed by atoms with Crippen molar-refractivity contribution in [3.05, 3.63) is 69.8 Å². The van der Waals surface area contributed by atoms with Crippen LogP contribution in [0.15, 0.2) is 47.6 Å². The largest absolute Gasteiger partial charge is 0.0958 e. The first-order valence-corrected chi connectivity index (χ1v) is 9.29. The van der Waals surface area contributed by atoms with Crippen LogP contribution in [0.2, 0.25) is 0 Å². The Labute approximate surface area is 148 Å². The van der Waals surface area contributed by atoms with Crippen molar-refractivity contribution < 1.29 is 0 Å². The average molecular weight is 321 g/mol. The Morgan fingerprint density at radius 1 is 1.00 bits per heavy atom. The van der Waals surface area contributed by atoms with Gasteiger partial charge < -0.3 is 0 Å². The molecule has 0 amide bonds. The molecular weight excluding hydrogens is 288 g/mol. The number of hydrogen-bond acceptors (Lipinski definition) is 0. The van der Waals surface area contributed by atoms with Gasteiger partial charge in [0.05, 0.1) is 0 Å². The van der Waals surface area contributed by atoms with Gasteiger partial charge in [-0.05, 0) is 78.2 Å². The minimum absolute atomic E-state index is 0.290. The van der Waals surface area contributed by atoms with Crippen LogP contribution < -0.4 is 0 Å². The van der Waals surface area contributed by atoms with E-state index >= 15 is 0 Å². The van der Waals surface area contributed by atoms with Crippen molar-refractivity contribution in [2.75, 3.05) is 0 Å². The second kappa shape index (κ2) is 5.76. The summed E-state index contributed by atoms with van der Waals surface area (Å²) in [6.45, 7) is 18.1. The second-order valence-corrected chi connectivity index (χ2v) is 9.24. The molecule has 0 unspecified atom stereocenters. The van der Waals surface area contributed by atoms with Gasteiger partial charge in [-0.3, -0.25) is 0 Å². The van der Waals surface area contributed by atoms with E-state index < -0.39 is 0 Å². The molecule has 0 aromatic heterocycles. The maximum atomic E-state index is 4.09. The van der Waals surface area contributed by atoms with E-state index in [-0.39, 0.29) is 0 Å². The highest BCUT2D eigenvalue weighted by Crippen LogP contribution is 2.46. The van der Waals surface area contributed by atoms with E-state index in [0.717, 1.165) is 12.8 Å². The normalized spacial score (nSPS) is 21.1. The van der Waals surface area contributed by atoms with E-state index in [0.29, 0.717) is 10.8 Å². The molecule has 0 saturated heterocycles. The molecule has 0 heteroatoms. The Morgan fingerprint density at radius 2 is 1.58 bits per heavy atom. The van der Waals surface area contributed by atoms with E-state index in [1.165, 1.54) is 40.7 Å². The Morgan fingerprint density at radius 3 is 2.12 bits per heavy atom. The second-order valence-electron chi connectivity index (χ2n) is 9.24. The van der Waals surface area contributed by atoms with Crippen LogP contribution in [0.4, 0.5) is 0 Å². The highest BCUT2D eigenvalue weighted by molar-refractivity contribution is 5.49. The molecule has 1 aromatic rings. The van der Waals surface area contributed by atoms with Crippen molar-refractivity contribution in [2.24, 2.45) is 0 Å². The smallest absolute Gasteiger partial charge is 0.00579 e. The first kappa shape index (κ1) is 17.3. The first-order chi connectivity index (χ1) is 11.1. The summed E-state index contributed by atoms with van der Waals surface area (Å²) in [6, 6.07) is 5.00. The quantitative estimate of drug-likeness (QED) is 0.580. The van der Waals surface area contributed by atoms with Crippen LogP contribution in [0.25, 0.3) is 0 Å². The SMILES string of the molecule is C=C(C)C1=CC=C(Cc2cc3c(cc2C)C(C)(C)CCC3(C)C)C1. The van der Waals surface area contributed by atoms with Crippen molar-refractivity contribution in [3.8, 4) is 0 Å². The van der Waals surface area contributed by atoms with Gasteiger partial charge in [0, 0.05) is 0 Å². The summed E-state index contributed by atoms with van der Waals surface area (Å²) in [7, 11) is 0. The zero-order valence-electron chi connectivity index (χ0n) is 16.3. The number of hydrogen-bond donors (Lipinski definition) is 0. The van der Waals surface area contributed by atoms with Crippen LogP contribution >= 0.6 is 0 Å². The zero-order valence-corrected chi connectivity index (χ0v) is 16.3. The average Bonchev–Trinajstić information content (AvgIpc) is 2.94. The molecule has 2 aliphatic rings. The minimum Gasteiger partial charge on any atom is -0.0958 e. The van der Waals surface area contributed by atoms with Gasteiger partial charge in [0.25, 0.3) is 0 Å². The van der Waals surface area contributed by atoms with Crippen LogP contribution in [0.5, 0.6) is 0 Å². The lowest BCUT2D eigenvalue weighted by molar-refractivity contribution is 0.331. The molecule has 0 nitrogen and oxygen atoms in total. The van der Waals surface area contributed by atoms with E-state index in [4.69, 9.17) is 0 Å². The third-order valence-electron chi connectivity index (χ3n) is 6.21. The molecule has 0 fully saturated rings. The molecule has 3 rings (SSSR count). The molecule has 24 heavy (non-hydrogen) atoms. The lowest BCUT2D eigenvalue weighted by Crippen LogP contribution is -2.34. The summed E-state index contributed by atoms with van der Waals surface area (Å²) in [5.41, 5.74) is 10.8. The van der Waals surface area contributed by atoms with Crippen LogP contribution in [0.1, 0.15) is 76.1 Å². The number of allylic oxidation sites excluding steroid dienone is 5. The van der Waals surface area contributed by atoms with Crippen LogP contribution in [-0.2, 0) is 17.3 Å². The van der Waals surface area contributed by atoms with Gasteiger partial charge in [-0.2, -0.15) is 0 Å². The summed E-state index contributed by atoms with van der Waals surface area (Å²) in [4.78, 5) is 0. The molecule has 0 bridgehead atoms. The molecule has 0 saturated carbocycles. The number of aryl methyl sites for hydroxylation is 1. The van der Waals surface area contributed by atoms with Crippen molar-refractivity contribution in [1.82, 2.24) is 0 Å². The fourth-order valence-corrected chi connectivity index (χ4v) is 4.20. The molecule has 2 aliphatic carbocycles. The van der Waals surface area contributed by atoms with Gasteiger partial charge in [0.2, 0.25) is 0 Å². The molecular formula is C24H32. The molecule has 128 valence electrons. The minimum atomic E-state index is 0.290. The van der Waals surface area contributed by atoms with E-state index in [9.17, 15) is 0 Å². The van der Waals surface area contributed by atoms with Gasteiger partial charge >= 0.3 is 0 Å². The molecule has 0 radical (unpaired) electrons. The van der Waals surface area contributed by atoms with Crippen molar-refractivity contribution in [2.45, 2.75) is 78.1 Å². The van der Waals surface area contributed by atoms with Crippen molar-refractivity contribution >= 4 is 0 Å². The number of fused-ring (bicyclic) bond motifs is 1. The van der Waals surface area contributed by atoms with Gasteiger partial charge in [-0.25, -0.2) is 0 Å². The van der Waals surface area contributed by atoms with Gasteiger partial charge in [-0.1, -0.05) is 69.7 Å². The van der Waals surface area contributed by atoms with Crippen LogP contribution in [0, 0.1) is 6.92 Å². The van der Waals surface area contributed by atoms with Gasteiger partial charge in [-0.15, -0.1) is 0 Å². The summed E-state index contributed by atoms with van der Waals surface area (Å²) >= 11 is 0. The lowest BCUT2D eigenvalue weighted by Gasteiger charge is -2.42. The summed E-state index contributed by atoms with van der Waals surface area (Å²) in [5.74, 6) is 0. The molecule has 0 spiro atoms. The molecule has 1 aromatic carbocycles. The van der Waals surface area contributed by atoms with E-state index in [1.54, 1.807) is 11.1 Å². The van der Waals surface area contributed by atoms with Crippen molar-refractivity contribution in [1.29, 1.82) is 0 Å². The predicted octanol–water partition coefficient (Wildman–Crippen LogP) is 6.72. The zero-order chi connectivity index (χ0) is 17.7. The predicted molar refractivity (Wildman–Crippen MR) is 106 cm³/mol. The molecule has 0 N–H and O–H groups in total. The van der Waals surface area contributed by atoms with Crippen LogP contribution in [-0.4, -0.2) is 0 Å². The van der Waals surface area contributed by atoms with Crippen molar-refractivity contribution in [3.63, 3.8) is 0 Å². The summed E-state index contributed by atoms with van der Waals surface area (Å²) < 4.78 is 0. The Hall–Kier alpha value is -1.56. The maximum absolute atomic E-state index is 4.09. The van der Waals surface area contributed by atoms with Gasteiger partial charge in [0.15, 0.2) is 0 Å². The Kier molecular flexibility index (Phi) is 4.14.